The molecule has 1 aliphatic rings. The zero-order chi connectivity index (χ0) is 16.2. The van der Waals surface area contributed by atoms with Crippen molar-refractivity contribution >= 4 is 23.2 Å². The minimum atomic E-state index is -0.303. The lowest BCUT2D eigenvalue weighted by atomic mass is 10.0. The van der Waals surface area contributed by atoms with E-state index in [1.165, 1.54) is 24.5 Å². The Hall–Kier alpha value is -2.78. The average Bonchev–Trinajstić information content (AvgIpc) is 3.12. The van der Waals surface area contributed by atoms with Gasteiger partial charge in [0.05, 0.1) is 7.11 Å². The number of fused-ring (bicyclic) bond motifs is 1. The van der Waals surface area contributed by atoms with Crippen LogP contribution < -0.4 is 14.2 Å². The van der Waals surface area contributed by atoms with Crippen LogP contribution in [0.4, 0.5) is 0 Å². The number of nitriles is 1. The lowest BCUT2D eigenvalue weighted by molar-refractivity contribution is 0.104. The normalized spacial score (nSPS) is 13.3. The van der Waals surface area contributed by atoms with Crippen molar-refractivity contribution in [3.8, 4) is 23.3 Å². The number of rotatable bonds is 4. The van der Waals surface area contributed by atoms with Crippen LogP contribution in [0.1, 0.15) is 15.9 Å². The van der Waals surface area contributed by atoms with Crippen molar-refractivity contribution in [1.82, 2.24) is 0 Å². The first-order valence-electron chi connectivity index (χ1n) is 6.89. The fourth-order valence-corrected chi connectivity index (χ4v) is 2.88. The van der Waals surface area contributed by atoms with Crippen molar-refractivity contribution in [2.24, 2.45) is 0 Å². The van der Waals surface area contributed by atoms with Gasteiger partial charge in [-0.25, -0.2) is 0 Å². The summed E-state index contributed by atoms with van der Waals surface area (Å²) in [5.74, 6) is 1.29. The van der Waals surface area contributed by atoms with Crippen LogP contribution >= 0.6 is 11.3 Å². The Morgan fingerprint density at radius 1 is 1.39 bits per heavy atom. The summed E-state index contributed by atoms with van der Waals surface area (Å²) in [4.78, 5) is 12.3. The monoisotopic (exact) mass is 327 g/mol. The number of ether oxygens (including phenoxy) is 3. The molecule has 0 fully saturated rings. The van der Waals surface area contributed by atoms with Crippen LogP contribution in [0.15, 0.2) is 34.5 Å². The van der Waals surface area contributed by atoms with Crippen molar-refractivity contribution in [1.29, 1.82) is 5.26 Å². The summed E-state index contributed by atoms with van der Waals surface area (Å²) >= 11 is 1.41. The molecule has 0 bridgehead atoms. The third-order valence-electron chi connectivity index (χ3n) is 3.31. The van der Waals surface area contributed by atoms with E-state index in [4.69, 9.17) is 14.2 Å². The van der Waals surface area contributed by atoms with Gasteiger partial charge in [-0.3, -0.25) is 4.79 Å². The van der Waals surface area contributed by atoms with E-state index in [0.29, 0.717) is 41.6 Å². The summed E-state index contributed by atoms with van der Waals surface area (Å²) in [6.45, 7) is 0.904. The van der Waals surface area contributed by atoms with Gasteiger partial charge in [-0.15, -0.1) is 0 Å². The zero-order valence-corrected chi connectivity index (χ0v) is 13.2. The minimum absolute atomic E-state index is 0.0575. The zero-order valence-electron chi connectivity index (χ0n) is 12.4. The number of carbonyl (C=O) groups excluding carboxylic acids is 1. The standard InChI is InChI=1S/C17H13NO4S/c1-20-14-7-11(8-15-17(14)22-4-3-21-15)6-13(9-18)16(19)12-2-5-23-10-12/h2,5-8,10H,3-4H2,1H3/b13-6+. The van der Waals surface area contributed by atoms with Crippen molar-refractivity contribution in [2.75, 3.05) is 20.3 Å². The van der Waals surface area contributed by atoms with E-state index in [1.54, 1.807) is 29.0 Å². The number of thiophene rings is 1. The second-order valence-electron chi connectivity index (χ2n) is 4.76. The Morgan fingerprint density at radius 2 is 2.22 bits per heavy atom. The van der Waals surface area contributed by atoms with E-state index in [0.717, 1.165) is 0 Å². The highest BCUT2D eigenvalue weighted by Gasteiger charge is 2.19. The average molecular weight is 327 g/mol. The Labute approximate surface area is 137 Å². The highest BCUT2D eigenvalue weighted by Crippen LogP contribution is 2.40. The van der Waals surface area contributed by atoms with Gasteiger partial charge in [0.2, 0.25) is 11.5 Å². The lowest BCUT2D eigenvalue weighted by Gasteiger charge is -2.21. The molecule has 0 atom stereocenters. The highest BCUT2D eigenvalue weighted by atomic mass is 32.1. The molecule has 0 saturated heterocycles. The molecule has 0 N–H and O–H groups in total. The number of carbonyl (C=O) groups is 1. The van der Waals surface area contributed by atoms with Gasteiger partial charge in [-0.05, 0) is 35.2 Å². The van der Waals surface area contributed by atoms with Crippen molar-refractivity contribution < 1.29 is 19.0 Å². The van der Waals surface area contributed by atoms with Crippen LogP contribution in [0.2, 0.25) is 0 Å². The minimum Gasteiger partial charge on any atom is -0.493 e. The molecule has 2 aromatic rings. The second kappa shape index (κ2) is 6.55. The first kappa shape index (κ1) is 15.1. The molecule has 0 amide bonds. The van der Waals surface area contributed by atoms with E-state index in [2.05, 4.69) is 0 Å². The smallest absolute Gasteiger partial charge is 0.204 e. The predicted octanol–water partition coefficient (Wildman–Crippen LogP) is 3.32. The van der Waals surface area contributed by atoms with Gasteiger partial charge in [-0.1, -0.05) is 0 Å². The lowest BCUT2D eigenvalue weighted by Crippen LogP contribution is -2.16. The van der Waals surface area contributed by atoms with Gasteiger partial charge >= 0.3 is 0 Å². The van der Waals surface area contributed by atoms with Crippen LogP contribution in [-0.2, 0) is 0 Å². The van der Waals surface area contributed by atoms with Crippen LogP contribution in [0.25, 0.3) is 6.08 Å². The second-order valence-corrected chi connectivity index (χ2v) is 5.54. The first-order valence-corrected chi connectivity index (χ1v) is 7.83. The third-order valence-corrected chi connectivity index (χ3v) is 3.99. The number of hydrogen-bond acceptors (Lipinski definition) is 6. The summed E-state index contributed by atoms with van der Waals surface area (Å²) in [7, 11) is 1.53. The molecule has 3 rings (SSSR count). The Balaban J connectivity index is 2.00. The van der Waals surface area contributed by atoms with Crippen molar-refractivity contribution in [3.63, 3.8) is 0 Å². The number of methoxy groups -OCH3 is 1. The number of hydrogen-bond donors (Lipinski definition) is 0. The van der Waals surface area contributed by atoms with Gasteiger partial charge in [0.15, 0.2) is 11.5 Å². The maximum atomic E-state index is 12.3. The Morgan fingerprint density at radius 3 is 2.91 bits per heavy atom. The number of ketones is 1. The maximum absolute atomic E-state index is 12.3. The highest BCUT2D eigenvalue weighted by molar-refractivity contribution is 7.08. The van der Waals surface area contributed by atoms with Crippen LogP contribution in [-0.4, -0.2) is 26.1 Å². The Bertz CT molecular complexity index is 785. The first-order chi connectivity index (χ1) is 11.2. The van der Waals surface area contributed by atoms with Crippen LogP contribution in [0, 0.1) is 11.3 Å². The molecule has 0 unspecified atom stereocenters. The van der Waals surface area contributed by atoms with Gasteiger partial charge in [0.1, 0.15) is 24.9 Å². The maximum Gasteiger partial charge on any atom is 0.204 e. The topological polar surface area (TPSA) is 68.5 Å². The van der Waals surface area contributed by atoms with E-state index < -0.39 is 0 Å². The molecule has 5 nitrogen and oxygen atoms in total. The van der Waals surface area contributed by atoms with Gasteiger partial charge in [-0.2, -0.15) is 16.6 Å². The summed E-state index contributed by atoms with van der Waals surface area (Å²) in [5, 5.41) is 12.8. The Kier molecular flexibility index (Phi) is 4.31. The number of Topliss-reactive ketones (excluding diaryl/α,β-unsaturated/α-hetero) is 1. The molecule has 1 aromatic heterocycles. The molecule has 0 spiro atoms. The summed E-state index contributed by atoms with van der Waals surface area (Å²) in [6.07, 6.45) is 1.53. The molecular formula is C17H13NO4S. The van der Waals surface area contributed by atoms with Crippen molar-refractivity contribution in [2.45, 2.75) is 0 Å². The quantitative estimate of drug-likeness (QED) is 0.489. The SMILES string of the molecule is COc1cc(/C=C(\C#N)C(=O)c2ccsc2)cc2c1OCCO2. The molecule has 1 aliphatic heterocycles. The van der Waals surface area contributed by atoms with Crippen LogP contribution in [0.5, 0.6) is 17.2 Å². The molecule has 116 valence electrons. The number of benzene rings is 1. The fraction of sp³-hybridized carbons (Fsp3) is 0.176. The summed E-state index contributed by atoms with van der Waals surface area (Å²) in [5.41, 5.74) is 1.21. The van der Waals surface area contributed by atoms with Crippen LogP contribution in [0.3, 0.4) is 0 Å². The predicted molar refractivity (Wildman–Crippen MR) is 86.2 cm³/mol. The largest absolute Gasteiger partial charge is 0.493 e. The molecule has 2 heterocycles. The van der Waals surface area contributed by atoms with Gasteiger partial charge < -0.3 is 14.2 Å². The number of allylic oxidation sites excluding steroid dienone is 1. The molecular weight excluding hydrogens is 314 g/mol. The van der Waals surface area contributed by atoms with E-state index in [-0.39, 0.29) is 11.4 Å². The molecule has 6 heteroatoms. The molecule has 1 aromatic carbocycles. The molecule has 0 saturated carbocycles. The van der Waals surface area contributed by atoms with E-state index >= 15 is 0 Å². The molecule has 0 radical (unpaired) electrons. The third kappa shape index (κ3) is 3.05. The van der Waals surface area contributed by atoms with E-state index in [1.807, 2.05) is 6.07 Å². The summed E-state index contributed by atoms with van der Waals surface area (Å²) in [6, 6.07) is 7.10. The van der Waals surface area contributed by atoms with Crippen molar-refractivity contribution in [3.05, 3.63) is 45.7 Å². The van der Waals surface area contributed by atoms with Gasteiger partial charge in [0, 0.05) is 10.9 Å². The number of nitrogens with zero attached hydrogens (tertiary/aromatic N) is 1. The fourth-order valence-electron chi connectivity index (χ4n) is 2.24. The summed E-state index contributed by atoms with van der Waals surface area (Å²) < 4.78 is 16.4. The molecule has 0 aliphatic carbocycles. The molecule has 23 heavy (non-hydrogen) atoms. The van der Waals surface area contributed by atoms with Gasteiger partial charge in [0.25, 0.3) is 0 Å². The van der Waals surface area contributed by atoms with E-state index in [9.17, 15) is 10.1 Å².